The van der Waals surface area contributed by atoms with Crippen LogP contribution in [0.1, 0.15) is 5.56 Å². The van der Waals surface area contributed by atoms with E-state index in [1.165, 1.54) is 23.3 Å². The third-order valence-corrected chi connectivity index (χ3v) is 1.91. The van der Waals surface area contributed by atoms with Crippen LogP contribution in [-0.4, -0.2) is 15.0 Å². The molecule has 4 nitrogen and oxygen atoms in total. The molecule has 14 heavy (non-hydrogen) atoms. The maximum atomic E-state index is 13.3. The first kappa shape index (κ1) is 8.83. The zero-order valence-corrected chi connectivity index (χ0v) is 7.39. The minimum atomic E-state index is -0.331. The number of nitrogens with zero attached hydrogens (tertiary/aromatic N) is 3. The van der Waals surface area contributed by atoms with E-state index in [9.17, 15) is 4.39 Å². The van der Waals surface area contributed by atoms with Crippen molar-refractivity contribution in [1.29, 1.82) is 0 Å². The van der Waals surface area contributed by atoms with Gasteiger partial charge in [0.2, 0.25) is 0 Å². The fourth-order valence-corrected chi connectivity index (χ4v) is 1.18. The van der Waals surface area contributed by atoms with Crippen LogP contribution in [0.4, 0.5) is 4.39 Å². The molecule has 2 rings (SSSR count). The first-order valence-corrected chi connectivity index (χ1v) is 4.16. The quantitative estimate of drug-likeness (QED) is 0.767. The molecule has 0 amide bonds. The topological polar surface area (TPSA) is 56.7 Å². The summed E-state index contributed by atoms with van der Waals surface area (Å²) in [5.74, 6) is -0.331. The first-order valence-electron chi connectivity index (χ1n) is 4.16. The summed E-state index contributed by atoms with van der Waals surface area (Å²) in [5.41, 5.74) is 6.42. The predicted molar refractivity (Wildman–Crippen MR) is 49.2 cm³/mol. The largest absolute Gasteiger partial charge is 0.326 e. The number of aromatic nitrogens is 3. The molecule has 0 radical (unpaired) electrons. The smallest absolute Gasteiger partial charge is 0.129 e. The van der Waals surface area contributed by atoms with Crippen LogP contribution in [0.3, 0.4) is 0 Å². The van der Waals surface area contributed by atoms with Crippen molar-refractivity contribution >= 4 is 0 Å². The molecular weight excluding hydrogens is 183 g/mol. The number of halogens is 1. The van der Waals surface area contributed by atoms with Crippen molar-refractivity contribution in [3.05, 3.63) is 42.0 Å². The fraction of sp³-hybridized carbons (Fsp3) is 0.111. The molecule has 0 atom stereocenters. The van der Waals surface area contributed by atoms with Gasteiger partial charge in [-0.05, 0) is 6.07 Å². The Kier molecular flexibility index (Phi) is 2.24. The van der Waals surface area contributed by atoms with Crippen molar-refractivity contribution < 1.29 is 4.39 Å². The van der Waals surface area contributed by atoms with E-state index in [-0.39, 0.29) is 12.4 Å². The molecule has 0 spiro atoms. The van der Waals surface area contributed by atoms with Gasteiger partial charge in [0, 0.05) is 18.2 Å². The summed E-state index contributed by atoms with van der Waals surface area (Å²) in [5, 5.41) is 7.78. The van der Waals surface area contributed by atoms with Crippen molar-refractivity contribution in [2.45, 2.75) is 6.54 Å². The third kappa shape index (κ3) is 1.49. The van der Waals surface area contributed by atoms with Crippen LogP contribution >= 0.6 is 0 Å². The van der Waals surface area contributed by atoms with Gasteiger partial charge in [0.15, 0.2) is 0 Å². The normalized spacial score (nSPS) is 10.4. The van der Waals surface area contributed by atoms with E-state index < -0.39 is 0 Å². The van der Waals surface area contributed by atoms with E-state index in [0.717, 1.165) is 0 Å². The van der Waals surface area contributed by atoms with Gasteiger partial charge < -0.3 is 5.73 Å². The number of hydrogen-bond donors (Lipinski definition) is 1. The molecule has 0 aliphatic carbocycles. The highest BCUT2D eigenvalue weighted by atomic mass is 19.1. The summed E-state index contributed by atoms with van der Waals surface area (Å²) in [6, 6.07) is 4.72. The Labute approximate surface area is 80.2 Å². The second-order valence-corrected chi connectivity index (χ2v) is 2.80. The Morgan fingerprint density at radius 2 is 2.00 bits per heavy atom. The lowest BCUT2D eigenvalue weighted by molar-refractivity contribution is 0.606. The molecule has 1 heterocycles. The van der Waals surface area contributed by atoms with Crippen molar-refractivity contribution in [1.82, 2.24) is 15.0 Å². The highest BCUT2D eigenvalue weighted by Crippen LogP contribution is 2.11. The molecule has 0 aliphatic rings. The summed E-state index contributed by atoms with van der Waals surface area (Å²) < 4.78 is 13.3. The molecule has 5 heteroatoms. The van der Waals surface area contributed by atoms with Crippen LogP contribution < -0.4 is 5.73 Å². The van der Waals surface area contributed by atoms with Gasteiger partial charge in [0.05, 0.1) is 18.1 Å². The number of rotatable bonds is 2. The Morgan fingerprint density at radius 3 is 2.57 bits per heavy atom. The molecule has 0 aliphatic heterocycles. The SMILES string of the molecule is NCc1ccc(-n2nccn2)cc1F. The van der Waals surface area contributed by atoms with E-state index in [4.69, 9.17) is 5.73 Å². The van der Waals surface area contributed by atoms with Crippen LogP contribution in [0.5, 0.6) is 0 Å². The Balaban J connectivity index is 2.43. The second-order valence-electron chi connectivity index (χ2n) is 2.80. The maximum Gasteiger partial charge on any atom is 0.129 e. The third-order valence-electron chi connectivity index (χ3n) is 1.91. The number of benzene rings is 1. The average Bonchev–Trinajstić information content (AvgIpc) is 2.70. The summed E-state index contributed by atoms with van der Waals surface area (Å²) >= 11 is 0. The fourth-order valence-electron chi connectivity index (χ4n) is 1.18. The van der Waals surface area contributed by atoms with E-state index in [1.807, 2.05) is 0 Å². The van der Waals surface area contributed by atoms with E-state index in [1.54, 1.807) is 12.1 Å². The molecule has 0 unspecified atom stereocenters. The molecule has 0 saturated carbocycles. The lowest BCUT2D eigenvalue weighted by atomic mass is 10.2. The van der Waals surface area contributed by atoms with Gasteiger partial charge in [-0.25, -0.2) is 4.39 Å². The van der Waals surface area contributed by atoms with Crippen molar-refractivity contribution in [3.8, 4) is 5.69 Å². The first-order chi connectivity index (χ1) is 6.81. The Morgan fingerprint density at radius 1 is 1.29 bits per heavy atom. The molecule has 72 valence electrons. The van der Waals surface area contributed by atoms with Gasteiger partial charge in [-0.2, -0.15) is 15.0 Å². The number of nitrogens with two attached hydrogens (primary N) is 1. The minimum Gasteiger partial charge on any atom is -0.326 e. The number of hydrogen-bond acceptors (Lipinski definition) is 3. The summed E-state index contributed by atoms with van der Waals surface area (Å²) in [6.45, 7) is 0.193. The lowest BCUT2D eigenvalue weighted by Crippen LogP contribution is -2.03. The van der Waals surface area contributed by atoms with Gasteiger partial charge in [0.1, 0.15) is 5.82 Å². The molecule has 2 aromatic rings. The zero-order valence-electron chi connectivity index (χ0n) is 7.39. The summed E-state index contributed by atoms with van der Waals surface area (Å²) in [6.07, 6.45) is 3.07. The zero-order chi connectivity index (χ0) is 9.97. The molecule has 0 saturated heterocycles. The van der Waals surface area contributed by atoms with Gasteiger partial charge in [-0.1, -0.05) is 6.07 Å². The Hall–Kier alpha value is -1.75. The van der Waals surface area contributed by atoms with Crippen LogP contribution in [0, 0.1) is 5.82 Å². The molecule has 0 bridgehead atoms. The molecule has 2 N–H and O–H groups in total. The second kappa shape index (κ2) is 3.55. The van der Waals surface area contributed by atoms with Crippen molar-refractivity contribution in [3.63, 3.8) is 0 Å². The molecule has 1 aromatic heterocycles. The Bertz CT molecular complexity index is 424. The van der Waals surface area contributed by atoms with Gasteiger partial charge in [-0.15, -0.1) is 0 Å². The molecular formula is C9H9FN4. The molecule has 1 aromatic carbocycles. The average molecular weight is 192 g/mol. The highest BCUT2D eigenvalue weighted by molar-refractivity contribution is 5.33. The van der Waals surface area contributed by atoms with Gasteiger partial charge >= 0.3 is 0 Å². The lowest BCUT2D eigenvalue weighted by Gasteiger charge is -2.02. The minimum absolute atomic E-state index is 0.193. The van der Waals surface area contributed by atoms with Crippen molar-refractivity contribution in [2.75, 3.05) is 0 Å². The standard InChI is InChI=1S/C9H9FN4/c10-9-5-8(2-1-7(9)6-11)14-12-3-4-13-14/h1-5H,6,11H2. The van der Waals surface area contributed by atoms with Gasteiger partial charge in [-0.3, -0.25) is 0 Å². The predicted octanol–water partition coefficient (Wildman–Crippen LogP) is 0.865. The van der Waals surface area contributed by atoms with Crippen LogP contribution in [0.2, 0.25) is 0 Å². The monoisotopic (exact) mass is 192 g/mol. The van der Waals surface area contributed by atoms with Crippen LogP contribution in [0.25, 0.3) is 5.69 Å². The van der Waals surface area contributed by atoms with E-state index in [0.29, 0.717) is 11.3 Å². The van der Waals surface area contributed by atoms with Crippen LogP contribution in [0.15, 0.2) is 30.6 Å². The van der Waals surface area contributed by atoms with Gasteiger partial charge in [0.25, 0.3) is 0 Å². The van der Waals surface area contributed by atoms with E-state index >= 15 is 0 Å². The van der Waals surface area contributed by atoms with E-state index in [2.05, 4.69) is 10.2 Å². The van der Waals surface area contributed by atoms with Crippen molar-refractivity contribution in [2.24, 2.45) is 5.73 Å². The summed E-state index contributed by atoms with van der Waals surface area (Å²) in [7, 11) is 0. The summed E-state index contributed by atoms with van der Waals surface area (Å²) in [4.78, 5) is 1.35. The molecule has 0 fully saturated rings. The van der Waals surface area contributed by atoms with Crippen LogP contribution in [-0.2, 0) is 6.54 Å². The highest BCUT2D eigenvalue weighted by Gasteiger charge is 2.03. The maximum absolute atomic E-state index is 13.3.